The molecule has 0 heterocycles. The summed E-state index contributed by atoms with van der Waals surface area (Å²) in [6.07, 6.45) is 0. The first-order valence-corrected chi connectivity index (χ1v) is 6.83. The topological polar surface area (TPSA) is 127 Å². The molecule has 1 rings (SSSR count). The van der Waals surface area contributed by atoms with Crippen LogP contribution in [0.1, 0.15) is 20.8 Å². The van der Waals surface area contributed by atoms with Crippen LogP contribution in [-0.4, -0.2) is 28.8 Å². The molecule has 0 unspecified atom stereocenters. The quantitative estimate of drug-likeness (QED) is 0.534. The lowest BCUT2D eigenvalue weighted by atomic mass is 10.0. The number of hydrogen-bond donors (Lipinski definition) is 3. The number of non-ortho nitro benzene ring substituents is 1. The number of anilines is 1. The first-order valence-electron chi connectivity index (χ1n) is 6.83. The Hall–Kier alpha value is -2.48. The van der Waals surface area contributed by atoms with Crippen molar-refractivity contribution in [3.8, 4) is 0 Å². The van der Waals surface area contributed by atoms with Gasteiger partial charge in [-0.2, -0.15) is 0 Å². The Balaban J connectivity index is 2.60. The number of carbonyl (C=O) groups is 2. The van der Waals surface area contributed by atoms with Crippen LogP contribution in [0.4, 0.5) is 11.4 Å². The van der Waals surface area contributed by atoms with Gasteiger partial charge in [0, 0.05) is 17.8 Å². The van der Waals surface area contributed by atoms with E-state index in [1.165, 1.54) is 31.2 Å². The standard InChI is InChI=1S/C14H20N4O4/c1-8(2)12(15)14(20)16-9(3)13(19)17-10-4-6-11(7-5-10)18(21)22/h4-9,12H,15H2,1-3H3,(H,16,20)(H,17,19)/t9-,12-/m1/s1. The van der Waals surface area contributed by atoms with Gasteiger partial charge in [0.15, 0.2) is 0 Å². The zero-order chi connectivity index (χ0) is 16.9. The van der Waals surface area contributed by atoms with Crippen molar-refractivity contribution in [3.05, 3.63) is 34.4 Å². The van der Waals surface area contributed by atoms with Crippen molar-refractivity contribution in [1.82, 2.24) is 5.32 Å². The lowest BCUT2D eigenvalue weighted by molar-refractivity contribution is -0.384. The molecule has 120 valence electrons. The maximum atomic E-state index is 12.0. The molecular weight excluding hydrogens is 288 g/mol. The summed E-state index contributed by atoms with van der Waals surface area (Å²) in [7, 11) is 0. The molecule has 0 radical (unpaired) electrons. The predicted octanol–water partition coefficient (Wildman–Crippen LogP) is 1.02. The molecular formula is C14H20N4O4. The minimum atomic E-state index is -0.771. The van der Waals surface area contributed by atoms with Gasteiger partial charge in [0.25, 0.3) is 5.69 Å². The van der Waals surface area contributed by atoms with E-state index in [9.17, 15) is 19.7 Å². The monoisotopic (exact) mass is 308 g/mol. The van der Waals surface area contributed by atoms with E-state index in [0.717, 1.165) is 0 Å². The molecule has 8 nitrogen and oxygen atoms in total. The maximum Gasteiger partial charge on any atom is 0.269 e. The number of hydrogen-bond acceptors (Lipinski definition) is 5. The van der Waals surface area contributed by atoms with E-state index < -0.39 is 28.8 Å². The van der Waals surface area contributed by atoms with Gasteiger partial charge in [-0.3, -0.25) is 19.7 Å². The van der Waals surface area contributed by atoms with Crippen LogP contribution < -0.4 is 16.4 Å². The minimum Gasteiger partial charge on any atom is -0.343 e. The number of nitro groups is 1. The van der Waals surface area contributed by atoms with E-state index in [-0.39, 0.29) is 11.6 Å². The van der Waals surface area contributed by atoms with Gasteiger partial charge < -0.3 is 16.4 Å². The molecule has 0 aliphatic carbocycles. The summed E-state index contributed by atoms with van der Waals surface area (Å²) in [5.74, 6) is -0.871. The zero-order valence-corrected chi connectivity index (χ0v) is 12.7. The van der Waals surface area contributed by atoms with Gasteiger partial charge in [0.05, 0.1) is 11.0 Å². The molecule has 1 aromatic rings. The number of nitrogens with one attached hydrogen (secondary N) is 2. The average Bonchev–Trinajstić information content (AvgIpc) is 2.46. The third-order valence-corrected chi connectivity index (χ3v) is 3.12. The van der Waals surface area contributed by atoms with Gasteiger partial charge in [-0.25, -0.2) is 0 Å². The predicted molar refractivity (Wildman–Crippen MR) is 82.1 cm³/mol. The molecule has 0 bridgehead atoms. The molecule has 2 atom stereocenters. The lowest BCUT2D eigenvalue weighted by Crippen LogP contribution is -2.50. The summed E-state index contributed by atoms with van der Waals surface area (Å²) >= 11 is 0. The van der Waals surface area contributed by atoms with Gasteiger partial charge in [0.1, 0.15) is 6.04 Å². The second-order valence-corrected chi connectivity index (χ2v) is 5.29. The second-order valence-electron chi connectivity index (χ2n) is 5.29. The lowest BCUT2D eigenvalue weighted by Gasteiger charge is -2.19. The van der Waals surface area contributed by atoms with Crippen molar-refractivity contribution in [2.45, 2.75) is 32.9 Å². The Kier molecular flexibility index (Phi) is 6.00. The normalized spacial score (nSPS) is 13.3. The number of amides is 2. The van der Waals surface area contributed by atoms with Crippen molar-refractivity contribution in [1.29, 1.82) is 0 Å². The number of nitrogens with zero attached hydrogens (tertiary/aromatic N) is 1. The van der Waals surface area contributed by atoms with Crippen LogP contribution in [0.5, 0.6) is 0 Å². The molecule has 0 saturated heterocycles. The van der Waals surface area contributed by atoms with Gasteiger partial charge in [-0.15, -0.1) is 0 Å². The van der Waals surface area contributed by atoms with Crippen LogP contribution in [0.3, 0.4) is 0 Å². The smallest absolute Gasteiger partial charge is 0.269 e. The van der Waals surface area contributed by atoms with Gasteiger partial charge >= 0.3 is 0 Å². The van der Waals surface area contributed by atoms with Crippen molar-refractivity contribution >= 4 is 23.2 Å². The van der Waals surface area contributed by atoms with Crippen LogP contribution in [0.15, 0.2) is 24.3 Å². The fourth-order valence-corrected chi connectivity index (χ4v) is 1.59. The van der Waals surface area contributed by atoms with E-state index in [4.69, 9.17) is 5.73 Å². The molecule has 1 aromatic carbocycles. The average molecular weight is 308 g/mol. The summed E-state index contributed by atoms with van der Waals surface area (Å²) in [6, 6.07) is 3.96. The van der Waals surface area contributed by atoms with Crippen molar-refractivity contribution in [2.75, 3.05) is 5.32 Å². The molecule has 8 heteroatoms. The highest BCUT2D eigenvalue weighted by molar-refractivity contribution is 5.97. The Bertz CT molecular complexity index is 556. The highest BCUT2D eigenvalue weighted by atomic mass is 16.6. The van der Waals surface area contributed by atoms with Crippen LogP contribution in [-0.2, 0) is 9.59 Å². The molecule has 4 N–H and O–H groups in total. The van der Waals surface area contributed by atoms with Crippen LogP contribution in [0, 0.1) is 16.0 Å². The molecule has 22 heavy (non-hydrogen) atoms. The number of carbonyl (C=O) groups excluding carboxylic acids is 2. The molecule has 0 aliphatic rings. The van der Waals surface area contributed by atoms with Gasteiger partial charge in [-0.1, -0.05) is 13.8 Å². The van der Waals surface area contributed by atoms with E-state index in [1.54, 1.807) is 0 Å². The highest BCUT2D eigenvalue weighted by Gasteiger charge is 2.22. The first kappa shape index (κ1) is 17.6. The summed E-state index contributed by atoms with van der Waals surface area (Å²) in [5, 5.41) is 15.6. The van der Waals surface area contributed by atoms with Gasteiger partial charge in [0.2, 0.25) is 11.8 Å². The van der Waals surface area contributed by atoms with Crippen LogP contribution in [0.2, 0.25) is 0 Å². The highest BCUT2D eigenvalue weighted by Crippen LogP contribution is 2.15. The van der Waals surface area contributed by atoms with Crippen molar-refractivity contribution in [2.24, 2.45) is 11.7 Å². The summed E-state index contributed by atoms with van der Waals surface area (Å²) in [5.41, 5.74) is 6.04. The van der Waals surface area contributed by atoms with Crippen molar-refractivity contribution in [3.63, 3.8) is 0 Å². The fraction of sp³-hybridized carbons (Fsp3) is 0.429. The number of rotatable bonds is 6. The summed E-state index contributed by atoms with van der Waals surface area (Å²) in [6.45, 7) is 5.16. The van der Waals surface area contributed by atoms with E-state index in [2.05, 4.69) is 10.6 Å². The second kappa shape index (κ2) is 7.51. The molecule has 0 aromatic heterocycles. The Morgan fingerprint density at radius 2 is 1.68 bits per heavy atom. The SMILES string of the molecule is CC(C)[C@@H](N)C(=O)N[C@H](C)C(=O)Nc1ccc([N+](=O)[O-])cc1. The minimum absolute atomic E-state index is 0.0371. The number of nitrogens with two attached hydrogens (primary N) is 1. The van der Waals surface area contributed by atoms with Crippen molar-refractivity contribution < 1.29 is 14.5 Å². The number of benzene rings is 1. The molecule has 0 spiro atoms. The maximum absolute atomic E-state index is 12.0. The molecule has 0 fully saturated rings. The van der Waals surface area contributed by atoms with E-state index in [0.29, 0.717) is 5.69 Å². The third-order valence-electron chi connectivity index (χ3n) is 3.12. The first-order chi connectivity index (χ1) is 10.2. The fourth-order valence-electron chi connectivity index (χ4n) is 1.59. The Morgan fingerprint density at radius 1 is 1.14 bits per heavy atom. The molecule has 0 saturated carbocycles. The number of nitro benzene ring substituents is 1. The van der Waals surface area contributed by atoms with Crippen LogP contribution >= 0.6 is 0 Å². The summed E-state index contributed by atoms with van der Waals surface area (Å²) in [4.78, 5) is 33.8. The Labute approximate surface area is 128 Å². The summed E-state index contributed by atoms with van der Waals surface area (Å²) < 4.78 is 0. The van der Waals surface area contributed by atoms with Crippen LogP contribution in [0.25, 0.3) is 0 Å². The third kappa shape index (κ3) is 4.81. The van der Waals surface area contributed by atoms with E-state index in [1.807, 2.05) is 13.8 Å². The zero-order valence-electron chi connectivity index (χ0n) is 12.7. The Morgan fingerprint density at radius 3 is 2.14 bits per heavy atom. The van der Waals surface area contributed by atoms with Gasteiger partial charge in [-0.05, 0) is 25.0 Å². The molecule has 0 aliphatic heterocycles. The largest absolute Gasteiger partial charge is 0.343 e. The molecule has 2 amide bonds. The van der Waals surface area contributed by atoms with E-state index >= 15 is 0 Å².